The molecule has 9 heteroatoms. The van der Waals surface area contributed by atoms with Gasteiger partial charge in [-0.2, -0.15) is 0 Å². The minimum Gasteiger partial charge on any atom is -0.464 e. The van der Waals surface area contributed by atoms with Crippen LogP contribution in [0.15, 0.2) is 27.5 Å². The third-order valence-corrected chi connectivity index (χ3v) is 6.63. The van der Waals surface area contributed by atoms with Crippen LogP contribution in [0.25, 0.3) is 0 Å². The molecule has 1 fully saturated rings. The smallest absolute Gasteiger partial charge is 0.335 e. The monoisotopic (exact) mass is 493 g/mol. The number of anilines is 1. The van der Waals surface area contributed by atoms with E-state index in [0.29, 0.717) is 20.7 Å². The van der Waals surface area contributed by atoms with Gasteiger partial charge >= 0.3 is 12.0 Å². The van der Waals surface area contributed by atoms with E-state index in [2.05, 4.69) is 31.5 Å². The summed E-state index contributed by atoms with van der Waals surface area (Å²) in [6.07, 6.45) is 3.85. The fraction of sp³-hybridized carbons (Fsp3) is 0.429. The molecule has 7 nitrogen and oxygen atoms in total. The molecular weight excluding hydrogens is 470 g/mol. The molecule has 2 N–H and O–H groups in total. The predicted molar refractivity (Wildman–Crippen MR) is 119 cm³/mol. The minimum absolute atomic E-state index is 0.00588. The molecule has 160 valence electrons. The maximum absolute atomic E-state index is 13.0. The van der Waals surface area contributed by atoms with E-state index in [-0.39, 0.29) is 18.3 Å². The number of Topliss-reactive ketones (excluding diaryl/α,β-unsaturated/α-hetero) is 1. The highest BCUT2D eigenvalue weighted by Gasteiger charge is 2.30. The zero-order chi connectivity index (χ0) is 21.7. The van der Waals surface area contributed by atoms with Crippen LogP contribution in [0, 0.1) is 12.8 Å². The van der Waals surface area contributed by atoms with Crippen molar-refractivity contribution in [1.29, 1.82) is 0 Å². The van der Waals surface area contributed by atoms with Crippen LogP contribution in [0.2, 0.25) is 0 Å². The van der Waals surface area contributed by atoms with Gasteiger partial charge in [-0.05, 0) is 54.8 Å². The summed E-state index contributed by atoms with van der Waals surface area (Å²) in [6, 6.07) is 3.67. The zero-order valence-corrected chi connectivity index (χ0v) is 19.3. The number of ketones is 1. The van der Waals surface area contributed by atoms with Gasteiger partial charge < -0.3 is 15.4 Å². The summed E-state index contributed by atoms with van der Waals surface area (Å²) >= 11 is 4.65. The van der Waals surface area contributed by atoms with E-state index >= 15 is 0 Å². The van der Waals surface area contributed by atoms with Crippen molar-refractivity contribution < 1.29 is 19.1 Å². The number of hydrogen-bond acceptors (Lipinski definition) is 6. The summed E-state index contributed by atoms with van der Waals surface area (Å²) in [7, 11) is 0. The number of rotatable bonds is 7. The molecule has 1 aliphatic carbocycles. The summed E-state index contributed by atoms with van der Waals surface area (Å²) in [6.45, 7) is 3.78. The average molecular weight is 494 g/mol. The molecule has 0 radical (unpaired) electrons. The highest BCUT2D eigenvalue weighted by atomic mass is 79.9. The Bertz CT molecular complexity index is 940. The molecule has 1 heterocycles. The van der Waals surface area contributed by atoms with Gasteiger partial charge in [-0.1, -0.05) is 24.5 Å². The number of thiazole rings is 1. The number of nitrogens with one attached hydrogen (secondary N) is 2. The fourth-order valence-electron chi connectivity index (χ4n) is 3.56. The number of urea groups is 1. The highest BCUT2D eigenvalue weighted by Crippen LogP contribution is 2.31. The molecule has 2 aromatic rings. The van der Waals surface area contributed by atoms with Gasteiger partial charge in [-0.25, -0.2) is 14.6 Å². The first-order valence-corrected chi connectivity index (χ1v) is 11.6. The van der Waals surface area contributed by atoms with E-state index in [1.807, 2.05) is 13.0 Å². The Morgan fingerprint density at radius 3 is 2.67 bits per heavy atom. The number of aryl methyl sites for hydroxylation is 1. The molecule has 1 aromatic carbocycles. The van der Waals surface area contributed by atoms with Gasteiger partial charge in [0.25, 0.3) is 0 Å². The van der Waals surface area contributed by atoms with Crippen molar-refractivity contribution in [2.75, 3.05) is 11.9 Å². The molecule has 1 unspecified atom stereocenters. The Balaban J connectivity index is 1.80. The standard InChI is InChI=1S/C21H24BrN3O4S/c1-3-29-20(27)17(16-19(22)30-11-23-16)25-21(28)24-15-9-8-12(2)10-14(15)18(26)13-6-4-5-7-13/h8-11,13,17H,3-7H2,1-2H3,(H2,24,25,28). The first-order chi connectivity index (χ1) is 14.4. The lowest BCUT2D eigenvalue weighted by Crippen LogP contribution is -2.38. The average Bonchev–Trinajstić information content (AvgIpc) is 3.39. The van der Waals surface area contributed by atoms with Gasteiger partial charge in [-0.3, -0.25) is 4.79 Å². The van der Waals surface area contributed by atoms with Gasteiger partial charge in [0.15, 0.2) is 11.8 Å². The van der Waals surface area contributed by atoms with Crippen LogP contribution >= 0.6 is 27.3 Å². The SMILES string of the molecule is CCOC(=O)C(NC(=O)Nc1ccc(C)cc1C(=O)C1CCCC1)c1ncsc1Br. The summed E-state index contributed by atoms with van der Waals surface area (Å²) < 4.78 is 5.72. The van der Waals surface area contributed by atoms with Crippen molar-refractivity contribution in [3.63, 3.8) is 0 Å². The lowest BCUT2D eigenvalue weighted by Gasteiger charge is -2.18. The number of hydrogen-bond donors (Lipinski definition) is 2. The van der Waals surface area contributed by atoms with E-state index in [9.17, 15) is 14.4 Å². The number of benzene rings is 1. The van der Waals surface area contributed by atoms with Crippen molar-refractivity contribution in [3.8, 4) is 0 Å². The Morgan fingerprint density at radius 2 is 2.03 bits per heavy atom. The number of carbonyl (C=O) groups is 3. The second kappa shape index (κ2) is 10.2. The van der Waals surface area contributed by atoms with Gasteiger partial charge in [0.2, 0.25) is 0 Å². The normalized spacial score (nSPS) is 14.9. The summed E-state index contributed by atoms with van der Waals surface area (Å²) in [5.74, 6) is -0.560. The van der Waals surface area contributed by atoms with Crippen LogP contribution < -0.4 is 10.6 Å². The summed E-state index contributed by atoms with van der Waals surface area (Å²) in [5.41, 5.74) is 3.82. The van der Waals surface area contributed by atoms with Crippen molar-refractivity contribution >= 4 is 50.7 Å². The van der Waals surface area contributed by atoms with E-state index < -0.39 is 18.0 Å². The van der Waals surface area contributed by atoms with Gasteiger partial charge in [-0.15, -0.1) is 11.3 Å². The maximum Gasteiger partial charge on any atom is 0.335 e. The Kier molecular flexibility index (Phi) is 7.60. The van der Waals surface area contributed by atoms with E-state index in [4.69, 9.17) is 4.74 Å². The van der Waals surface area contributed by atoms with E-state index in [1.165, 1.54) is 11.3 Å². The minimum atomic E-state index is -1.06. The van der Waals surface area contributed by atoms with E-state index in [0.717, 1.165) is 31.2 Å². The number of nitrogens with zero attached hydrogens (tertiary/aromatic N) is 1. The van der Waals surface area contributed by atoms with Crippen LogP contribution in [0.1, 0.15) is 60.3 Å². The zero-order valence-electron chi connectivity index (χ0n) is 16.9. The molecule has 0 bridgehead atoms. The molecule has 0 aliphatic heterocycles. The number of amides is 2. The molecule has 0 spiro atoms. The van der Waals surface area contributed by atoms with Crippen molar-refractivity contribution in [3.05, 3.63) is 44.3 Å². The van der Waals surface area contributed by atoms with Crippen molar-refractivity contribution in [2.24, 2.45) is 5.92 Å². The molecule has 1 saturated carbocycles. The number of halogens is 1. The molecule has 1 aromatic heterocycles. The second-order valence-corrected chi connectivity index (χ2v) is 9.36. The number of ether oxygens (including phenoxy) is 1. The Hall–Kier alpha value is -2.26. The molecular formula is C21H24BrN3O4S. The van der Waals surface area contributed by atoms with Crippen LogP contribution in [-0.4, -0.2) is 29.4 Å². The molecule has 3 rings (SSSR count). The fourth-order valence-corrected chi connectivity index (χ4v) is 4.69. The Labute approximate surface area is 187 Å². The summed E-state index contributed by atoms with van der Waals surface area (Å²) in [5, 5.41) is 5.35. The molecule has 1 aliphatic rings. The lowest BCUT2D eigenvalue weighted by molar-refractivity contribution is -0.145. The number of aromatic nitrogens is 1. The van der Waals surface area contributed by atoms with Gasteiger partial charge in [0, 0.05) is 11.5 Å². The quantitative estimate of drug-likeness (QED) is 0.417. The predicted octanol–water partition coefficient (Wildman–Crippen LogP) is 5.01. The van der Waals surface area contributed by atoms with Crippen LogP contribution in [0.3, 0.4) is 0 Å². The molecule has 0 saturated heterocycles. The summed E-state index contributed by atoms with van der Waals surface area (Å²) in [4.78, 5) is 42.3. The maximum atomic E-state index is 13.0. The molecule has 1 atom stereocenters. The van der Waals surface area contributed by atoms with Crippen molar-refractivity contribution in [1.82, 2.24) is 10.3 Å². The van der Waals surface area contributed by atoms with Gasteiger partial charge in [0.05, 0.1) is 27.3 Å². The van der Waals surface area contributed by atoms with Crippen molar-refractivity contribution in [2.45, 2.75) is 45.6 Å². The van der Waals surface area contributed by atoms with Crippen LogP contribution in [0.4, 0.5) is 10.5 Å². The lowest BCUT2D eigenvalue weighted by atomic mass is 9.94. The highest BCUT2D eigenvalue weighted by molar-refractivity contribution is 9.11. The first kappa shape index (κ1) is 22.4. The first-order valence-electron chi connectivity index (χ1n) is 9.88. The Morgan fingerprint density at radius 1 is 1.30 bits per heavy atom. The molecule has 2 amide bonds. The number of carbonyl (C=O) groups excluding carboxylic acids is 3. The largest absolute Gasteiger partial charge is 0.464 e. The van der Waals surface area contributed by atoms with Crippen LogP contribution in [0.5, 0.6) is 0 Å². The van der Waals surface area contributed by atoms with Gasteiger partial charge in [0.1, 0.15) is 0 Å². The second-order valence-electron chi connectivity index (χ2n) is 7.19. The third kappa shape index (κ3) is 5.26. The third-order valence-electron chi connectivity index (χ3n) is 5.04. The topological polar surface area (TPSA) is 97.4 Å². The van der Waals surface area contributed by atoms with Crippen LogP contribution in [-0.2, 0) is 9.53 Å². The number of esters is 1. The molecule has 30 heavy (non-hydrogen) atoms. The van der Waals surface area contributed by atoms with E-state index in [1.54, 1.807) is 24.6 Å².